The smallest absolute Gasteiger partial charge is 0.319 e. The van der Waals surface area contributed by atoms with Crippen LogP contribution in [0.15, 0.2) is 54.6 Å². The number of imide groups is 1. The topological polar surface area (TPSA) is 193 Å². The maximum Gasteiger partial charge on any atom is 0.319 e. The fourth-order valence-electron chi connectivity index (χ4n) is 7.34. The number of piperidine rings is 1. The summed E-state index contributed by atoms with van der Waals surface area (Å²) in [6.07, 6.45) is 1.43. The van der Waals surface area contributed by atoms with Crippen molar-refractivity contribution in [3.63, 3.8) is 0 Å². The molecule has 0 bridgehead atoms. The van der Waals surface area contributed by atoms with Gasteiger partial charge in [-0.15, -0.1) is 5.10 Å². The number of aromatic nitrogens is 3. The molecule has 1 atom stereocenters. The number of aromatic hydroxyl groups is 3. The van der Waals surface area contributed by atoms with Crippen LogP contribution in [0.5, 0.6) is 17.5 Å². The van der Waals surface area contributed by atoms with Crippen molar-refractivity contribution >= 4 is 35.0 Å². The fraction of sp³-hybridized carbons (Fsp3) is 0.368. The highest BCUT2D eigenvalue weighted by Gasteiger charge is 2.40. The number of rotatable bonds is 10. The minimum absolute atomic E-state index is 0.00335. The van der Waals surface area contributed by atoms with Crippen molar-refractivity contribution in [2.75, 3.05) is 42.9 Å². The lowest BCUT2D eigenvalue weighted by Gasteiger charge is -2.36. The average Bonchev–Trinajstić information content (AvgIpc) is 3.68. The number of anilines is 2. The molecule has 3 aliphatic rings. The summed E-state index contributed by atoms with van der Waals surface area (Å²) in [5.74, 6) is -1.18. The highest BCUT2D eigenvalue weighted by molar-refractivity contribution is 6.06. The Kier molecular flexibility index (Phi) is 9.75. The van der Waals surface area contributed by atoms with Gasteiger partial charge in [-0.25, -0.2) is 4.57 Å². The second kappa shape index (κ2) is 14.6. The predicted octanol–water partition coefficient (Wildman–Crippen LogP) is 3.48. The van der Waals surface area contributed by atoms with Gasteiger partial charge in [0.05, 0.1) is 11.3 Å². The SMILES string of the molecule is CC(C)c1cc(-c2nnc(O)n2-c2ccc(N3CCN(CCCC(=O)Nc4cccc5c4CN(C4CCC(=O)NC4=O)C5=O)CC3)cc2)c(O)cc1O. The summed E-state index contributed by atoms with van der Waals surface area (Å²) in [7, 11) is 0. The van der Waals surface area contributed by atoms with Crippen LogP contribution in [0.3, 0.4) is 0 Å². The standard InChI is InChI=1S/C38H42N8O7/c1-22(2)26-19-27(32(48)20-31(26)47)35-41-42-38(53)46(35)24-10-8-23(9-11-24)44-17-15-43(16-18-44)14-4-7-33(49)39-29-6-3-5-25-28(29)21-45(37(25)52)30-12-13-34(50)40-36(30)51/h3,5-6,8-11,19-20,22,30,47-48H,4,7,12-18,21H2,1-2H3,(H,39,49)(H,42,53)(H,40,50,51). The van der Waals surface area contributed by atoms with E-state index in [-0.39, 0.29) is 66.4 Å². The summed E-state index contributed by atoms with van der Waals surface area (Å²) in [6.45, 7) is 8.04. The van der Waals surface area contributed by atoms with Crippen LogP contribution in [0.1, 0.15) is 66.9 Å². The number of hydrogen-bond donors (Lipinski definition) is 5. The van der Waals surface area contributed by atoms with Crippen molar-refractivity contribution in [2.45, 2.75) is 58.0 Å². The number of phenolic OH excluding ortho intramolecular Hbond substituents is 2. The minimum Gasteiger partial charge on any atom is -0.508 e. The normalized spacial score (nSPS) is 17.7. The lowest BCUT2D eigenvalue weighted by Crippen LogP contribution is -2.52. The van der Waals surface area contributed by atoms with Crippen LogP contribution in [0, 0.1) is 0 Å². The van der Waals surface area contributed by atoms with E-state index in [1.807, 2.05) is 38.1 Å². The van der Waals surface area contributed by atoms with Gasteiger partial charge in [0, 0.05) is 74.1 Å². The zero-order valence-corrected chi connectivity index (χ0v) is 29.6. The third-order valence-corrected chi connectivity index (χ3v) is 10.2. The first kappa shape index (κ1) is 35.4. The van der Waals surface area contributed by atoms with E-state index >= 15 is 0 Å². The van der Waals surface area contributed by atoms with E-state index < -0.39 is 11.9 Å². The summed E-state index contributed by atoms with van der Waals surface area (Å²) >= 11 is 0. The van der Waals surface area contributed by atoms with Crippen molar-refractivity contribution in [3.05, 3.63) is 71.3 Å². The van der Waals surface area contributed by atoms with E-state index in [1.54, 1.807) is 24.3 Å². The average molecular weight is 723 g/mol. The summed E-state index contributed by atoms with van der Waals surface area (Å²) in [4.78, 5) is 56.2. The van der Waals surface area contributed by atoms with Crippen LogP contribution in [0.4, 0.5) is 11.4 Å². The number of nitrogens with zero attached hydrogens (tertiary/aromatic N) is 6. The predicted molar refractivity (Wildman–Crippen MR) is 195 cm³/mol. The van der Waals surface area contributed by atoms with E-state index in [1.165, 1.54) is 15.5 Å². The van der Waals surface area contributed by atoms with Gasteiger partial charge in [0.2, 0.25) is 17.7 Å². The van der Waals surface area contributed by atoms with Crippen molar-refractivity contribution in [1.82, 2.24) is 29.9 Å². The Morgan fingerprint density at radius 1 is 0.925 bits per heavy atom. The molecular weight excluding hydrogens is 680 g/mol. The summed E-state index contributed by atoms with van der Waals surface area (Å²) in [5.41, 5.74) is 4.30. The number of carbonyl (C=O) groups excluding carboxylic acids is 4. The van der Waals surface area contributed by atoms with Gasteiger partial charge in [-0.1, -0.05) is 25.0 Å². The third-order valence-electron chi connectivity index (χ3n) is 10.2. The van der Waals surface area contributed by atoms with Gasteiger partial charge < -0.3 is 30.4 Å². The Bertz CT molecular complexity index is 2070. The van der Waals surface area contributed by atoms with Crippen molar-refractivity contribution in [1.29, 1.82) is 0 Å². The molecule has 4 aromatic rings. The maximum atomic E-state index is 13.1. The number of fused-ring (bicyclic) bond motifs is 1. The Balaban J connectivity index is 0.905. The number of amides is 4. The zero-order valence-electron chi connectivity index (χ0n) is 29.6. The van der Waals surface area contributed by atoms with E-state index in [2.05, 4.69) is 30.6 Å². The third kappa shape index (κ3) is 7.11. The van der Waals surface area contributed by atoms with Crippen LogP contribution in [0.25, 0.3) is 17.1 Å². The molecule has 15 nitrogen and oxygen atoms in total. The summed E-state index contributed by atoms with van der Waals surface area (Å²) < 4.78 is 1.45. The molecule has 2 fully saturated rings. The number of phenols is 2. The molecule has 4 amide bonds. The lowest BCUT2D eigenvalue weighted by molar-refractivity contribution is -0.137. The second-order valence-corrected chi connectivity index (χ2v) is 14.0. The van der Waals surface area contributed by atoms with Crippen molar-refractivity contribution < 1.29 is 34.5 Å². The number of nitrogens with one attached hydrogen (secondary N) is 2. The molecule has 1 aromatic heterocycles. The van der Waals surface area contributed by atoms with Gasteiger partial charge in [0.25, 0.3) is 5.91 Å². The largest absolute Gasteiger partial charge is 0.508 e. The zero-order chi connectivity index (χ0) is 37.4. The van der Waals surface area contributed by atoms with Crippen LogP contribution >= 0.6 is 0 Å². The van der Waals surface area contributed by atoms with Gasteiger partial charge in [-0.2, -0.15) is 0 Å². The Hall–Kier alpha value is -5.96. The van der Waals surface area contributed by atoms with Gasteiger partial charge in [-0.3, -0.25) is 29.4 Å². The van der Waals surface area contributed by atoms with E-state index in [0.29, 0.717) is 46.5 Å². The maximum absolute atomic E-state index is 13.1. The Labute approximate surface area is 305 Å². The van der Waals surface area contributed by atoms with Crippen LogP contribution in [-0.2, 0) is 20.9 Å². The molecule has 53 heavy (non-hydrogen) atoms. The summed E-state index contributed by atoms with van der Waals surface area (Å²) in [5, 5.41) is 44.7. The molecule has 2 saturated heterocycles. The molecule has 0 saturated carbocycles. The van der Waals surface area contributed by atoms with Gasteiger partial charge >= 0.3 is 6.01 Å². The molecule has 3 aliphatic heterocycles. The lowest BCUT2D eigenvalue weighted by atomic mass is 9.98. The van der Waals surface area contributed by atoms with Crippen molar-refractivity contribution in [2.24, 2.45) is 0 Å². The van der Waals surface area contributed by atoms with Crippen molar-refractivity contribution in [3.8, 4) is 34.6 Å². The van der Waals surface area contributed by atoms with Crippen LogP contribution in [-0.4, -0.2) is 102 Å². The fourth-order valence-corrected chi connectivity index (χ4v) is 7.34. The van der Waals surface area contributed by atoms with E-state index in [9.17, 15) is 34.5 Å². The number of carbonyl (C=O) groups is 4. The Morgan fingerprint density at radius 2 is 1.66 bits per heavy atom. The molecule has 276 valence electrons. The van der Waals surface area contributed by atoms with Gasteiger partial charge in [-0.05, 0) is 73.3 Å². The van der Waals surface area contributed by atoms with Gasteiger partial charge in [0.15, 0.2) is 5.82 Å². The quantitative estimate of drug-likeness (QED) is 0.151. The van der Waals surface area contributed by atoms with E-state index in [0.717, 1.165) is 38.4 Å². The molecule has 1 unspecified atom stereocenters. The van der Waals surface area contributed by atoms with E-state index in [4.69, 9.17) is 0 Å². The molecule has 0 spiro atoms. The number of hydrogen-bond acceptors (Lipinski definition) is 11. The first-order valence-electron chi connectivity index (χ1n) is 17.8. The minimum atomic E-state index is -0.717. The number of piperazine rings is 1. The monoisotopic (exact) mass is 722 g/mol. The molecule has 5 N–H and O–H groups in total. The Morgan fingerprint density at radius 3 is 2.38 bits per heavy atom. The molecule has 0 aliphatic carbocycles. The molecule has 0 radical (unpaired) electrons. The first-order valence-corrected chi connectivity index (χ1v) is 17.8. The molecule has 7 rings (SSSR count). The molecule has 3 aromatic carbocycles. The molecular formula is C38H42N8O7. The van der Waals surface area contributed by atoms with Crippen LogP contribution < -0.4 is 15.5 Å². The second-order valence-electron chi connectivity index (χ2n) is 14.0. The van der Waals surface area contributed by atoms with Gasteiger partial charge in [0.1, 0.15) is 17.5 Å². The number of benzene rings is 3. The highest BCUT2D eigenvalue weighted by Crippen LogP contribution is 2.39. The van der Waals surface area contributed by atoms with Crippen LogP contribution in [0.2, 0.25) is 0 Å². The first-order chi connectivity index (χ1) is 25.5. The summed E-state index contributed by atoms with van der Waals surface area (Å²) in [6, 6.07) is 14.7. The molecule has 4 heterocycles. The molecule has 15 heteroatoms. The highest BCUT2D eigenvalue weighted by atomic mass is 16.3.